The second kappa shape index (κ2) is 7.90. The Morgan fingerprint density at radius 1 is 1.42 bits per heavy atom. The first-order valence-corrected chi connectivity index (χ1v) is 8.21. The normalized spacial score (nSPS) is 18.7. The summed E-state index contributed by atoms with van der Waals surface area (Å²) in [5.74, 6) is 1.66. The summed E-state index contributed by atoms with van der Waals surface area (Å²) in [6, 6.07) is 5.50. The maximum atomic E-state index is 12.4. The number of aryl methyl sites for hydroxylation is 1. The molecule has 1 aliphatic heterocycles. The summed E-state index contributed by atoms with van der Waals surface area (Å²) >= 11 is 0. The van der Waals surface area contributed by atoms with Crippen molar-refractivity contribution in [2.75, 3.05) is 13.7 Å². The molecule has 1 amide bonds. The van der Waals surface area contributed by atoms with Crippen molar-refractivity contribution < 1.29 is 13.9 Å². The number of furan rings is 1. The lowest BCUT2D eigenvalue weighted by Gasteiger charge is -2.24. The minimum absolute atomic E-state index is 0. The van der Waals surface area contributed by atoms with E-state index in [1.54, 1.807) is 7.11 Å². The number of methoxy groups -OCH3 is 1. The smallest absolute Gasteiger partial charge is 0.237 e. The quantitative estimate of drug-likeness (QED) is 0.884. The molecule has 24 heavy (non-hydrogen) atoms. The zero-order valence-electron chi connectivity index (χ0n) is 14.3. The van der Waals surface area contributed by atoms with E-state index in [0.717, 1.165) is 53.8 Å². The molecule has 0 spiro atoms. The van der Waals surface area contributed by atoms with E-state index < -0.39 is 0 Å². The third-order valence-corrected chi connectivity index (χ3v) is 4.56. The van der Waals surface area contributed by atoms with Crippen LogP contribution in [0.15, 0.2) is 22.6 Å². The summed E-state index contributed by atoms with van der Waals surface area (Å²) in [5, 5.41) is 7.37. The van der Waals surface area contributed by atoms with Crippen LogP contribution < -0.4 is 15.4 Å². The van der Waals surface area contributed by atoms with E-state index in [1.807, 2.05) is 32.0 Å². The Hall–Kier alpha value is -1.72. The standard InChI is InChI=1S/C18H24N2O3.ClH/c1-11-14-10-13(22-3)7-8-16(14)23-17(11)12(2)20-18(21)15-6-4-5-9-19-15;/h7-8,10,12,15,19H,4-6,9H2,1-3H3,(H,20,21);1H. The number of carbonyl (C=O) groups is 1. The number of fused-ring (bicyclic) bond motifs is 1. The zero-order chi connectivity index (χ0) is 16.4. The third-order valence-electron chi connectivity index (χ3n) is 4.56. The Bertz CT molecular complexity index is 708. The van der Waals surface area contributed by atoms with Crippen molar-refractivity contribution in [2.45, 2.75) is 45.2 Å². The topological polar surface area (TPSA) is 63.5 Å². The molecule has 0 radical (unpaired) electrons. The second-order valence-corrected chi connectivity index (χ2v) is 6.19. The number of halogens is 1. The number of carbonyl (C=O) groups excluding carboxylic acids is 1. The van der Waals surface area contributed by atoms with Crippen LogP contribution in [0.25, 0.3) is 11.0 Å². The van der Waals surface area contributed by atoms with E-state index in [0.29, 0.717) is 0 Å². The highest BCUT2D eigenvalue weighted by Gasteiger charge is 2.24. The largest absolute Gasteiger partial charge is 0.497 e. The molecule has 6 heteroatoms. The highest BCUT2D eigenvalue weighted by Crippen LogP contribution is 2.32. The monoisotopic (exact) mass is 352 g/mol. The van der Waals surface area contributed by atoms with Gasteiger partial charge in [-0.25, -0.2) is 0 Å². The molecule has 0 saturated carbocycles. The molecule has 2 unspecified atom stereocenters. The van der Waals surface area contributed by atoms with Gasteiger partial charge in [0.25, 0.3) is 0 Å². The van der Waals surface area contributed by atoms with Crippen LogP contribution in [0.1, 0.15) is 43.6 Å². The van der Waals surface area contributed by atoms with Gasteiger partial charge in [0.1, 0.15) is 17.1 Å². The van der Waals surface area contributed by atoms with Gasteiger partial charge in [0.2, 0.25) is 5.91 Å². The molecule has 2 atom stereocenters. The minimum atomic E-state index is -0.162. The van der Waals surface area contributed by atoms with Gasteiger partial charge in [0, 0.05) is 10.9 Å². The fraction of sp³-hybridized carbons (Fsp3) is 0.500. The van der Waals surface area contributed by atoms with E-state index in [9.17, 15) is 4.79 Å². The van der Waals surface area contributed by atoms with Crippen LogP contribution in [-0.2, 0) is 4.79 Å². The molecule has 2 aromatic rings. The molecule has 5 nitrogen and oxygen atoms in total. The molecular formula is C18H25ClN2O3. The minimum Gasteiger partial charge on any atom is -0.497 e. The van der Waals surface area contributed by atoms with Gasteiger partial charge in [-0.3, -0.25) is 4.79 Å². The predicted octanol–water partition coefficient (Wildman–Crippen LogP) is 3.49. The van der Waals surface area contributed by atoms with Gasteiger partial charge in [-0.15, -0.1) is 12.4 Å². The van der Waals surface area contributed by atoms with Crippen LogP contribution in [-0.4, -0.2) is 25.6 Å². The van der Waals surface area contributed by atoms with Crippen molar-refractivity contribution >= 4 is 29.3 Å². The summed E-state index contributed by atoms with van der Waals surface area (Å²) in [4.78, 5) is 12.4. The lowest BCUT2D eigenvalue weighted by molar-refractivity contribution is -0.124. The predicted molar refractivity (Wildman–Crippen MR) is 97.0 cm³/mol. The zero-order valence-corrected chi connectivity index (χ0v) is 15.2. The van der Waals surface area contributed by atoms with Gasteiger partial charge in [0.05, 0.1) is 19.2 Å². The van der Waals surface area contributed by atoms with Gasteiger partial charge in [-0.2, -0.15) is 0 Å². The van der Waals surface area contributed by atoms with E-state index in [1.165, 1.54) is 0 Å². The molecule has 1 saturated heterocycles. The van der Waals surface area contributed by atoms with Gasteiger partial charge < -0.3 is 19.8 Å². The molecule has 0 aliphatic carbocycles. The first-order valence-electron chi connectivity index (χ1n) is 8.21. The number of piperidine rings is 1. The average molecular weight is 353 g/mol. The molecule has 0 bridgehead atoms. The molecule has 1 aliphatic rings. The van der Waals surface area contributed by atoms with Gasteiger partial charge >= 0.3 is 0 Å². The van der Waals surface area contributed by atoms with Crippen LogP contribution in [0.4, 0.5) is 0 Å². The van der Waals surface area contributed by atoms with Crippen molar-refractivity contribution in [1.82, 2.24) is 10.6 Å². The number of hydrogen-bond donors (Lipinski definition) is 2. The number of nitrogens with one attached hydrogen (secondary N) is 2. The first kappa shape index (κ1) is 18.6. The molecule has 1 aromatic carbocycles. The van der Waals surface area contributed by atoms with E-state index >= 15 is 0 Å². The van der Waals surface area contributed by atoms with Crippen LogP contribution >= 0.6 is 12.4 Å². The Morgan fingerprint density at radius 3 is 2.88 bits per heavy atom. The van der Waals surface area contributed by atoms with Gasteiger partial charge in [-0.1, -0.05) is 6.42 Å². The number of ether oxygens (including phenoxy) is 1. The summed E-state index contributed by atoms with van der Waals surface area (Å²) in [6.45, 7) is 4.89. The molecule has 2 N–H and O–H groups in total. The van der Waals surface area contributed by atoms with Crippen LogP contribution in [0, 0.1) is 6.92 Å². The molecule has 3 rings (SSSR count). The summed E-state index contributed by atoms with van der Waals surface area (Å²) in [5.41, 5.74) is 1.86. The average Bonchev–Trinajstić information content (AvgIpc) is 2.92. The highest BCUT2D eigenvalue weighted by atomic mass is 35.5. The number of amides is 1. The maximum Gasteiger partial charge on any atom is 0.237 e. The Morgan fingerprint density at radius 2 is 2.21 bits per heavy atom. The maximum absolute atomic E-state index is 12.4. The molecule has 132 valence electrons. The molecule has 1 aromatic heterocycles. The van der Waals surface area contributed by atoms with Crippen molar-refractivity contribution in [2.24, 2.45) is 0 Å². The van der Waals surface area contributed by atoms with Crippen molar-refractivity contribution in [3.8, 4) is 5.75 Å². The van der Waals surface area contributed by atoms with Crippen LogP contribution in [0.5, 0.6) is 5.75 Å². The van der Waals surface area contributed by atoms with Crippen molar-refractivity contribution in [3.63, 3.8) is 0 Å². The second-order valence-electron chi connectivity index (χ2n) is 6.19. The summed E-state index contributed by atoms with van der Waals surface area (Å²) in [7, 11) is 1.65. The number of hydrogen-bond acceptors (Lipinski definition) is 4. The Kier molecular flexibility index (Phi) is 6.13. The van der Waals surface area contributed by atoms with E-state index in [4.69, 9.17) is 9.15 Å². The fourth-order valence-electron chi connectivity index (χ4n) is 3.21. The molecular weight excluding hydrogens is 328 g/mol. The SMILES string of the molecule is COc1ccc2oc(C(C)NC(=O)C3CCCCN3)c(C)c2c1.Cl. The highest BCUT2D eigenvalue weighted by molar-refractivity contribution is 5.85. The van der Waals surface area contributed by atoms with E-state index in [2.05, 4.69) is 10.6 Å². The van der Waals surface area contributed by atoms with Crippen LogP contribution in [0.2, 0.25) is 0 Å². The summed E-state index contributed by atoms with van der Waals surface area (Å²) in [6.07, 6.45) is 3.14. The van der Waals surface area contributed by atoms with Gasteiger partial charge in [0.15, 0.2) is 0 Å². The molecule has 2 heterocycles. The van der Waals surface area contributed by atoms with Crippen molar-refractivity contribution in [3.05, 3.63) is 29.5 Å². The van der Waals surface area contributed by atoms with E-state index in [-0.39, 0.29) is 30.4 Å². The Labute approximate surface area is 148 Å². The summed E-state index contributed by atoms with van der Waals surface area (Å²) < 4.78 is 11.2. The Balaban J connectivity index is 0.00000208. The fourth-order valence-corrected chi connectivity index (χ4v) is 3.21. The number of benzene rings is 1. The van der Waals surface area contributed by atoms with Crippen molar-refractivity contribution in [1.29, 1.82) is 0 Å². The lowest BCUT2D eigenvalue weighted by atomic mass is 10.0. The third kappa shape index (κ3) is 3.68. The van der Waals surface area contributed by atoms with Crippen LogP contribution in [0.3, 0.4) is 0 Å². The number of rotatable bonds is 4. The van der Waals surface area contributed by atoms with Gasteiger partial charge in [-0.05, 0) is 51.4 Å². The lowest BCUT2D eigenvalue weighted by Crippen LogP contribution is -2.47. The molecule has 1 fully saturated rings. The first-order chi connectivity index (χ1) is 11.1.